The maximum absolute atomic E-state index is 11.8. The zero-order valence-corrected chi connectivity index (χ0v) is 11.0. The Morgan fingerprint density at radius 1 is 1.24 bits per heavy atom. The molecule has 0 spiro atoms. The molecular formula is C13H24N2O2. The molecule has 0 aromatic rings. The maximum Gasteiger partial charge on any atom is 0.324 e. The molecule has 0 aromatic carbocycles. The minimum Gasteiger partial charge on any atom is -0.480 e. The highest BCUT2D eigenvalue weighted by Crippen LogP contribution is 2.46. The van der Waals surface area contributed by atoms with Crippen molar-refractivity contribution >= 4 is 5.97 Å². The number of carboxylic acid groups (broad SMARTS) is 1. The predicted octanol–water partition coefficient (Wildman–Crippen LogP) is 1.32. The van der Waals surface area contributed by atoms with E-state index in [0.717, 1.165) is 51.9 Å². The number of hydrogen-bond acceptors (Lipinski definition) is 3. The van der Waals surface area contributed by atoms with Crippen LogP contribution in [0.3, 0.4) is 0 Å². The van der Waals surface area contributed by atoms with Crippen LogP contribution in [0.5, 0.6) is 0 Å². The largest absolute Gasteiger partial charge is 0.480 e. The summed E-state index contributed by atoms with van der Waals surface area (Å²) in [5, 5.41) is 13.0. The third-order valence-corrected chi connectivity index (χ3v) is 4.33. The van der Waals surface area contributed by atoms with Gasteiger partial charge in [0.05, 0.1) is 0 Å². The molecule has 1 unspecified atom stereocenters. The molecular weight excluding hydrogens is 216 g/mol. The van der Waals surface area contributed by atoms with Crippen LogP contribution in [0, 0.1) is 5.41 Å². The summed E-state index contributed by atoms with van der Waals surface area (Å²) in [4.78, 5) is 14.0. The van der Waals surface area contributed by atoms with Crippen molar-refractivity contribution in [3.8, 4) is 0 Å². The highest BCUT2D eigenvalue weighted by molar-refractivity contribution is 5.79. The summed E-state index contributed by atoms with van der Waals surface area (Å²) in [6.45, 7) is 8.07. The predicted molar refractivity (Wildman–Crippen MR) is 67.1 cm³/mol. The van der Waals surface area contributed by atoms with Crippen LogP contribution in [0.2, 0.25) is 0 Å². The molecule has 1 aliphatic heterocycles. The molecule has 2 rings (SSSR count). The first-order chi connectivity index (χ1) is 7.96. The van der Waals surface area contributed by atoms with E-state index in [2.05, 4.69) is 24.1 Å². The molecule has 2 N–H and O–H groups in total. The SMILES string of the molecule is CC1(C)CCC(C(=O)O)(N2CCCNCC2)C1. The molecule has 4 nitrogen and oxygen atoms in total. The molecule has 1 aliphatic carbocycles. The normalized spacial score (nSPS) is 34.5. The van der Waals surface area contributed by atoms with E-state index in [9.17, 15) is 9.90 Å². The smallest absolute Gasteiger partial charge is 0.324 e. The zero-order chi connectivity index (χ0) is 12.5. The summed E-state index contributed by atoms with van der Waals surface area (Å²) >= 11 is 0. The van der Waals surface area contributed by atoms with Crippen molar-refractivity contribution in [3.63, 3.8) is 0 Å². The topological polar surface area (TPSA) is 52.6 Å². The summed E-state index contributed by atoms with van der Waals surface area (Å²) < 4.78 is 0. The third kappa shape index (κ3) is 2.47. The first kappa shape index (κ1) is 12.8. The summed E-state index contributed by atoms with van der Waals surface area (Å²) in [7, 11) is 0. The number of rotatable bonds is 2. The molecule has 1 atom stereocenters. The van der Waals surface area contributed by atoms with E-state index in [-0.39, 0.29) is 5.41 Å². The Balaban J connectivity index is 2.19. The quantitative estimate of drug-likeness (QED) is 0.764. The van der Waals surface area contributed by atoms with Gasteiger partial charge in [-0.05, 0) is 37.6 Å². The Morgan fingerprint density at radius 2 is 2.00 bits per heavy atom. The molecule has 1 saturated heterocycles. The van der Waals surface area contributed by atoms with Crippen LogP contribution in [-0.2, 0) is 4.79 Å². The fraction of sp³-hybridized carbons (Fsp3) is 0.923. The lowest BCUT2D eigenvalue weighted by Gasteiger charge is -2.38. The highest BCUT2D eigenvalue weighted by Gasteiger charge is 2.52. The van der Waals surface area contributed by atoms with Crippen LogP contribution < -0.4 is 5.32 Å². The molecule has 98 valence electrons. The minimum absolute atomic E-state index is 0.165. The van der Waals surface area contributed by atoms with E-state index in [1.807, 2.05) is 0 Å². The third-order valence-electron chi connectivity index (χ3n) is 4.33. The van der Waals surface area contributed by atoms with Crippen molar-refractivity contribution in [1.29, 1.82) is 0 Å². The van der Waals surface area contributed by atoms with Gasteiger partial charge in [0.1, 0.15) is 5.54 Å². The van der Waals surface area contributed by atoms with Crippen LogP contribution >= 0.6 is 0 Å². The first-order valence-electron chi connectivity index (χ1n) is 6.66. The van der Waals surface area contributed by atoms with Gasteiger partial charge in [0.25, 0.3) is 0 Å². The standard InChI is InChI=1S/C13H24N2O2/c1-12(2)4-5-13(10-12,11(16)17)15-8-3-6-14-7-9-15/h14H,3-10H2,1-2H3,(H,16,17). The van der Waals surface area contributed by atoms with Crippen LogP contribution in [-0.4, -0.2) is 47.7 Å². The average molecular weight is 240 g/mol. The van der Waals surface area contributed by atoms with Crippen LogP contribution in [0.4, 0.5) is 0 Å². The number of nitrogens with one attached hydrogen (secondary N) is 1. The Bertz CT molecular complexity index is 296. The van der Waals surface area contributed by atoms with Crippen molar-refractivity contribution in [2.45, 2.75) is 45.1 Å². The van der Waals surface area contributed by atoms with Crippen molar-refractivity contribution in [1.82, 2.24) is 10.2 Å². The van der Waals surface area contributed by atoms with E-state index < -0.39 is 11.5 Å². The average Bonchev–Trinajstić information content (AvgIpc) is 2.47. The molecule has 17 heavy (non-hydrogen) atoms. The van der Waals surface area contributed by atoms with E-state index in [1.54, 1.807) is 0 Å². The second-order valence-electron chi connectivity index (χ2n) is 6.27. The molecule has 2 aliphatic rings. The fourth-order valence-electron chi connectivity index (χ4n) is 3.38. The monoisotopic (exact) mass is 240 g/mol. The molecule has 0 amide bonds. The Kier molecular flexibility index (Phi) is 3.46. The van der Waals surface area contributed by atoms with Gasteiger partial charge in [-0.1, -0.05) is 13.8 Å². The number of aliphatic carboxylic acids is 1. The Hall–Kier alpha value is -0.610. The van der Waals surface area contributed by atoms with E-state index in [1.165, 1.54) is 0 Å². The summed E-state index contributed by atoms with van der Waals surface area (Å²) in [6.07, 6.45) is 3.66. The summed E-state index contributed by atoms with van der Waals surface area (Å²) in [5.41, 5.74) is -0.437. The summed E-state index contributed by atoms with van der Waals surface area (Å²) in [6, 6.07) is 0. The second kappa shape index (κ2) is 4.58. The summed E-state index contributed by atoms with van der Waals surface area (Å²) in [5.74, 6) is -0.620. The van der Waals surface area contributed by atoms with Crippen LogP contribution in [0.1, 0.15) is 39.5 Å². The van der Waals surface area contributed by atoms with Gasteiger partial charge in [0, 0.05) is 19.6 Å². The van der Waals surface area contributed by atoms with E-state index >= 15 is 0 Å². The second-order valence-corrected chi connectivity index (χ2v) is 6.27. The molecule has 4 heteroatoms. The van der Waals surface area contributed by atoms with Crippen molar-refractivity contribution in [3.05, 3.63) is 0 Å². The van der Waals surface area contributed by atoms with Gasteiger partial charge in [-0.15, -0.1) is 0 Å². The maximum atomic E-state index is 11.8. The molecule has 0 radical (unpaired) electrons. The number of hydrogen-bond donors (Lipinski definition) is 2. The van der Waals surface area contributed by atoms with Gasteiger partial charge in [-0.25, -0.2) is 0 Å². The Labute approximate surface area is 103 Å². The van der Waals surface area contributed by atoms with Crippen LogP contribution in [0.15, 0.2) is 0 Å². The zero-order valence-electron chi connectivity index (χ0n) is 11.0. The van der Waals surface area contributed by atoms with Gasteiger partial charge >= 0.3 is 5.97 Å². The fourth-order valence-corrected chi connectivity index (χ4v) is 3.38. The van der Waals surface area contributed by atoms with E-state index in [0.29, 0.717) is 0 Å². The lowest BCUT2D eigenvalue weighted by Crippen LogP contribution is -2.54. The Morgan fingerprint density at radius 3 is 2.59 bits per heavy atom. The van der Waals surface area contributed by atoms with Crippen molar-refractivity contribution < 1.29 is 9.90 Å². The van der Waals surface area contributed by atoms with Gasteiger partial charge < -0.3 is 10.4 Å². The van der Waals surface area contributed by atoms with Crippen molar-refractivity contribution in [2.75, 3.05) is 26.2 Å². The lowest BCUT2D eigenvalue weighted by molar-refractivity contribution is -0.151. The first-order valence-corrected chi connectivity index (χ1v) is 6.66. The van der Waals surface area contributed by atoms with Gasteiger partial charge in [0.2, 0.25) is 0 Å². The molecule has 2 fully saturated rings. The minimum atomic E-state index is -0.620. The van der Waals surface area contributed by atoms with Gasteiger partial charge in [0.15, 0.2) is 0 Å². The number of carbonyl (C=O) groups is 1. The molecule has 0 aromatic heterocycles. The lowest BCUT2D eigenvalue weighted by atomic mass is 9.86. The number of carboxylic acids is 1. The van der Waals surface area contributed by atoms with Gasteiger partial charge in [-0.2, -0.15) is 0 Å². The molecule has 1 heterocycles. The van der Waals surface area contributed by atoms with Gasteiger partial charge in [-0.3, -0.25) is 9.69 Å². The molecule has 1 saturated carbocycles. The molecule has 0 bridgehead atoms. The van der Waals surface area contributed by atoms with E-state index in [4.69, 9.17) is 0 Å². The highest BCUT2D eigenvalue weighted by atomic mass is 16.4. The van der Waals surface area contributed by atoms with Crippen molar-refractivity contribution in [2.24, 2.45) is 5.41 Å². The number of nitrogens with zero attached hydrogens (tertiary/aromatic N) is 1. The van der Waals surface area contributed by atoms with Crippen LogP contribution in [0.25, 0.3) is 0 Å².